The lowest BCUT2D eigenvalue weighted by molar-refractivity contribution is 0.271. The normalized spacial score (nSPS) is 15.0. The van der Waals surface area contributed by atoms with E-state index in [1.54, 1.807) is 11.8 Å². The summed E-state index contributed by atoms with van der Waals surface area (Å²) >= 11 is 3.19. The van der Waals surface area contributed by atoms with Crippen molar-refractivity contribution in [3.05, 3.63) is 24.3 Å². The first kappa shape index (κ1) is 20.1. The van der Waals surface area contributed by atoms with Gasteiger partial charge in [0, 0.05) is 38.5 Å². The molecule has 2 heterocycles. The van der Waals surface area contributed by atoms with Gasteiger partial charge in [0.1, 0.15) is 5.75 Å². The molecule has 0 atom stereocenters. The second-order valence-electron chi connectivity index (χ2n) is 5.48. The summed E-state index contributed by atoms with van der Waals surface area (Å²) in [6, 6.07) is 8.31. The van der Waals surface area contributed by atoms with Gasteiger partial charge in [0.15, 0.2) is 4.34 Å². The highest BCUT2D eigenvalue weighted by molar-refractivity contribution is 8.01. The van der Waals surface area contributed by atoms with Crippen molar-refractivity contribution in [3.8, 4) is 5.75 Å². The highest BCUT2D eigenvalue weighted by Gasteiger charge is 2.19. The molecule has 1 saturated heterocycles. The lowest BCUT2D eigenvalue weighted by Crippen LogP contribution is -2.47. The van der Waals surface area contributed by atoms with E-state index in [-0.39, 0.29) is 12.4 Å². The van der Waals surface area contributed by atoms with Gasteiger partial charge in [-0.05, 0) is 19.1 Å². The first-order chi connectivity index (χ1) is 11.8. The predicted molar refractivity (Wildman–Crippen MR) is 109 cm³/mol. The molecule has 0 unspecified atom stereocenters. The van der Waals surface area contributed by atoms with Crippen LogP contribution in [0.15, 0.2) is 28.6 Å². The highest BCUT2D eigenvalue weighted by Crippen LogP contribution is 2.29. The van der Waals surface area contributed by atoms with Crippen molar-refractivity contribution in [2.24, 2.45) is 0 Å². The second-order valence-corrected chi connectivity index (χ2v) is 7.84. The van der Waals surface area contributed by atoms with Gasteiger partial charge in [-0.15, -0.1) is 22.6 Å². The van der Waals surface area contributed by atoms with E-state index in [0.29, 0.717) is 11.7 Å². The van der Waals surface area contributed by atoms with E-state index in [9.17, 15) is 0 Å². The third kappa shape index (κ3) is 5.64. The largest absolute Gasteiger partial charge is 0.492 e. The third-order valence-corrected chi connectivity index (χ3v) is 5.80. The summed E-state index contributed by atoms with van der Waals surface area (Å²) in [4.78, 5) is 4.91. The van der Waals surface area contributed by atoms with Gasteiger partial charge in [-0.3, -0.25) is 4.90 Å². The van der Waals surface area contributed by atoms with Crippen LogP contribution in [0.5, 0.6) is 5.75 Å². The van der Waals surface area contributed by atoms with E-state index in [1.807, 2.05) is 13.0 Å². The van der Waals surface area contributed by atoms with Gasteiger partial charge in [-0.25, -0.2) is 0 Å². The lowest BCUT2D eigenvalue weighted by atomic mass is 10.2. The van der Waals surface area contributed by atoms with Gasteiger partial charge in [0.05, 0.1) is 12.3 Å². The molecule has 1 aliphatic heterocycles. The number of aromatic nitrogens is 2. The summed E-state index contributed by atoms with van der Waals surface area (Å²) in [5.74, 6) is 2.00. The topological polar surface area (TPSA) is 67.5 Å². The van der Waals surface area contributed by atoms with Crippen molar-refractivity contribution < 1.29 is 4.74 Å². The van der Waals surface area contributed by atoms with Crippen LogP contribution in [-0.4, -0.2) is 60.2 Å². The average molecular weight is 402 g/mol. The lowest BCUT2D eigenvalue weighted by Gasteiger charge is -2.36. The van der Waals surface area contributed by atoms with E-state index in [1.165, 1.54) is 17.0 Å². The Morgan fingerprint density at radius 2 is 1.96 bits per heavy atom. The fourth-order valence-corrected chi connectivity index (χ4v) is 4.46. The zero-order chi connectivity index (χ0) is 16.8. The van der Waals surface area contributed by atoms with Crippen LogP contribution in [0.25, 0.3) is 0 Å². The van der Waals surface area contributed by atoms with Crippen molar-refractivity contribution in [2.75, 3.05) is 55.7 Å². The maximum absolute atomic E-state index is 5.75. The summed E-state index contributed by atoms with van der Waals surface area (Å²) < 4.78 is 6.71. The molecule has 1 aromatic heterocycles. The van der Waals surface area contributed by atoms with Crippen LogP contribution in [0.2, 0.25) is 0 Å². The average Bonchev–Trinajstić information content (AvgIpc) is 3.02. The van der Waals surface area contributed by atoms with E-state index in [0.717, 1.165) is 48.6 Å². The molecule has 6 nitrogen and oxygen atoms in total. The maximum Gasteiger partial charge on any atom is 0.203 e. The Hall–Kier alpha value is -1.22. The standard InChI is InChI=1S/C16H23N5OS2.ClH/c1-2-22-14-6-4-3-5-13(14)21-9-7-20(8-10-21)11-12-23-16-19-18-15(17)24-16;/h3-6H,2,7-12H2,1H3,(H2,17,18);1H. The third-order valence-electron chi connectivity index (χ3n) is 3.93. The molecule has 3 rings (SSSR count). The number of benzene rings is 1. The number of nitrogens with zero attached hydrogens (tertiary/aromatic N) is 4. The second kappa shape index (κ2) is 10.1. The van der Waals surface area contributed by atoms with Gasteiger partial charge < -0.3 is 15.4 Å². The van der Waals surface area contributed by atoms with Crippen LogP contribution in [0.3, 0.4) is 0 Å². The molecule has 1 aromatic carbocycles. The number of hydrogen-bond donors (Lipinski definition) is 1. The quantitative estimate of drug-likeness (QED) is 0.715. The van der Waals surface area contributed by atoms with Crippen molar-refractivity contribution in [1.29, 1.82) is 0 Å². The molecule has 0 spiro atoms. The molecule has 0 aliphatic carbocycles. The van der Waals surface area contributed by atoms with Crippen LogP contribution < -0.4 is 15.4 Å². The summed E-state index contributed by atoms with van der Waals surface area (Å²) in [6.07, 6.45) is 0. The van der Waals surface area contributed by atoms with Crippen LogP contribution in [0.1, 0.15) is 6.92 Å². The van der Waals surface area contributed by atoms with Crippen LogP contribution in [-0.2, 0) is 0 Å². The van der Waals surface area contributed by atoms with E-state index in [2.05, 4.69) is 38.2 Å². The number of ether oxygens (including phenoxy) is 1. The number of anilines is 2. The van der Waals surface area contributed by atoms with Gasteiger partial charge in [0.2, 0.25) is 5.13 Å². The molecular weight excluding hydrogens is 378 g/mol. The number of halogens is 1. The first-order valence-corrected chi connectivity index (χ1v) is 9.97. The van der Waals surface area contributed by atoms with E-state index in [4.69, 9.17) is 10.5 Å². The smallest absolute Gasteiger partial charge is 0.203 e. The number of piperazine rings is 1. The number of nitrogen functional groups attached to an aromatic ring is 1. The summed E-state index contributed by atoms with van der Waals surface area (Å²) in [5, 5.41) is 8.43. The maximum atomic E-state index is 5.75. The van der Waals surface area contributed by atoms with Crippen molar-refractivity contribution >= 4 is 46.3 Å². The first-order valence-electron chi connectivity index (χ1n) is 8.17. The van der Waals surface area contributed by atoms with Gasteiger partial charge in [-0.2, -0.15) is 0 Å². The molecule has 25 heavy (non-hydrogen) atoms. The minimum Gasteiger partial charge on any atom is -0.492 e. The van der Waals surface area contributed by atoms with Gasteiger partial charge in [0.25, 0.3) is 0 Å². The molecule has 2 N–H and O–H groups in total. The van der Waals surface area contributed by atoms with Crippen LogP contribution in [0, 0.1) is 0 Å². The molecule has 1 aliphatic rings. The number of rotatable bonds is 7. The number of para-hydroxylation sites is 2. The Balaban J connectivity index is 0.00000225. The zero-order valence-electron chi connectivity index (χ0n) is 14.3. The minimum atomic E-state index is 0. The summed E-state index contributed by atoms with van der Waals surface area (Å²) in [5.41, 5.74) is 6.81. The summed E-state index contributed by atoms with van der Waals surface area (Å²) in [6.45, 7) is 7.98. The fourth-order valence-electron chi connectivity index (χ4n) is 2.75. The Labute approximate surface area is 163 Å². The Morgan fingerprint density at radius 3 is 2.64 bits per heavy atom. The van der Waals surface area contributed by atoms with Gasteiger partial charge in [-0.1, -0.05) is 35.2 Å². The molecule has 9 heteroatoms. The molecule has 2 aromatic rings. The molecule has 0 amide bonds. The summed E-state index contributed by atoms with van der Waals surface area (Å²) in [7, 11) is 0. The SMILES string of the molecule is CCOc1ccccc1N1CCN(CCSc2nnc(N)s2)CC1.Cl. The highest BCUT2D eigenvalue weighted by atomic mass is 35.5. The number of nitrogens with two attached hydrogens (primary N) is 1. The van der Waals surface area contributed by atoms with Crippen molar-refractivity contribution in [1.82, 2.24) is 15.1 Å². The van der Waals surface area contributed by atoms with Crippen LogP contribution in [0.4, 0.5) is 10.8 Å². The Bertz CT molecular complexity index is 649. The molecule has 138 valence electrons. The zero-order valence-corrected chi connectivity index (χ0v) is 16.7. The minimum absolute atomic E-state index is 0. The molecule has 0 saturated carbocycles. The molecule has 0 bridgehead atoms. The van der Waals surface area contributed by atoms with Crippen molar-refractivity contribution in [3.63, 3.8) is 0 Å². The van der Waals surface area contributed by atoms with Crippen LogP contribution >= 0.6 is 35.5 Å². The van der Waals surface area contributed by atoms with Gasteiger partial charge >= 0.3 is 0 Å². The Morgan fingerprint density at radius 1 is 1.20 bits per heavy atom. The Kier molecular flexibility index (Phi) is 8.08. The monoisotopic (exact) mass is 401 g/mol. The predicted octanol–water partition coefficient (Wildman–Crippen LogP) is 2.86. The van der Waals surface area contributed by atoms with E-state index >= 15 is 0 Å². The molecule has 1 fully saturated rings. The number of hydrogen-bond acceptors (Lipinski definition) is 8. The van der Waals surface area contributed by atoms with E-state index < -0.39 is 0 Å². The fraction of sp³-hybridized carbons (Fsp3) is 0.500. The molecule has 0 radical (unpaired) electrons. The molecular formula is C16H24ClN5OS2. The van der Waals surface area contributed by atoms with Crippen molar-refractivity contribution in [2.45, 2.75) is 11.3 Å². The number of thioether (sulfide) groups is 1.